The summed E-state index contributed by atoms with van der Waals surface area (Å²) >= 11 is 0. The Kier molecular flexibility index (Phi) is 5.56. The standard InChI is InChI=1S/C21H22FNO3/c1-14(2)21(16-6-9-18-19(13-16)26-12-11-25-18)23-20(24)10-5-15-3-7-17(22)8-4-15/h3-10,13-14,21H,11-12H2,1-2H3,(H,23,24). The Morgan fingerprint density at radius 2 is 1.77 bits per heavy atom. The van der Waals surface area contributed by atoms with E-state index in [0.29, 0.717) is 19.0 Å². The maximum atomic E-state index is 12.9. The number of hydrogen-bond donors (Lipinski definition) is 1. The van der Waals surface area contributed by atoms with E-state index in [9.17, 15) is 9.18 Å². The zero-order chi connectivity index (χ0) is 18.5. The second kappa shape index (κ2) is 8.04. The summed E-state index contributed by atoms with van der Waals surface area (Å²) in [6.07, 6.45) is 3.12. The zero-order valence-corrected chi connectivity index (χ0v) is 14.9. The fourth-order valence-corrected chi connectivity index (χ4v) is 2.84. The molecule has 1 N–H and O–H groups in total. The lowest BCUT2D eigenvalue weighted by molar-refractivity contribution is -0.117. The molecule has 0 aromatic heterocycles. The summed E-state index contributed by atoms with van der Waals surface area (Å²) < 4.78 is 24.1. The van der Waals surface area contributed by atoms with Gasteiger partial charge in [-0.3, -0.25) is 4.79 Å². The van der Waals surface area contributed by atoms with Gasteiger partial charge in [-0.25, -0.2) is 4.39 Å². The third kappa shape index (κ3) is 4.42. The molecule has 3 rings (SSSR count). The van der Waals surface area contributed by atoms with Gasteiger partial charge in [0.15, 0.2) is 11.5 Å². The van der Waals surface area contributed by atoms with Crippen LogP contribution < -0.4 is 14.8 Å². The van der Waals surface area contributed by atoms with E-state index >= 15 is 0 Å². The number of carbonyl (C=O) groups excluding carboxylic acids is 1. The van der Waals surface area contributed by atoms with E-state index in [-0.39, 0.29) is 23.7 Å². The third-order valence-corrected chi connectivity index (χ3v) is 4.19. The average Bonchev–Trinajstić information content (AvgIpc) is 2.65. The van der Waals surface area contributed by atoms with Gasteiger partial charge < -0.3 is 14.8 Å². The van der Waals surface area contributed by atoms with Crippen LogP contribution in [0.25, 0.3) is 6.08 Å². The molecule has 136 valence electrons. The first-order valence-electron chi connectivity index (χ1n) is 8.66. The van der Waals surface area contributed by atoms with E-state index in [4.69, 9.17) is 9.47 Å². The summed E-state index contributed by atoms with van der Waals surface area (Å²) in [6, 6.07) is 11.6. The maximum Gasteiger partial charge on any atom is 0.244 e. The van der Waals surface area contributed by atoms with Gasteiger partial charge in [-0.2, -0.15) is 0 Å². The van der Waals surface area contributed by atoms with Crippen LogP contribution in [-0.4, -0.2) is 19.1 Å². The SMILES string of the molecule is CC(C)C(NC(=O)C=Cc1ccc(F)cc1)c1ccc2c(c1)OCCO2. The van der Waals surface area contributed by atoms with Crippen molar-refractivity contribution in [3.05, 3.63) is 65.5 Å². The van der Waals surface area contributed by atoms with Gasteiger partial charge in [0.1, 0.15) is 19.0 Å². The molecule has 0 saturated carbocycles. The zero-order valence-electron chi connectivity index (χ0n) is 14.9. The Morgan fingerprint density at radius 1 is 1.08 bits per heavy atom. The van der Waals surface area contributed by atoms with E-state index in [1.807, 2.05) is 32.0 Å². The molecular weight excluding hydrogens is 333 g/mol. The van der Waals surface area contributed by atoms with Crippen LogP contribution in [-0.2, 0) is 4.79 Å². The number of carbonyl (C=O) groups is 1. The molecule has 2 aromatic rings. The smallest absolute Gasteiger partial charge is 0.244 e. The molecule has 5 heteroatoms. The number of halogens is 1. The highest BCUT2D eigenvalue weighted by Gasteiger charge is 2.20. The molecule has 0 saturated heterocycles. The quantitative estimate of drug-likeness (QED) is 0.821. The van der Waals surface area contributed by atoms with Crippen LogP contribution >= 0.6 is 0 Å². The molecule has 0 bridgehead atoms. The van der Waals surface area contributed by atoms with Crippen molar-refractivity contribution in [1.29, 1.82) is 0 Å². The Hall–Kier alpha value is -2.82. The molecule has 1 amide bonds. The highest BCUT2D eigenvalue weighted by atomic mass is 19.1. The number of amides is 1. The van der Waals surface area contributed by atoms with E-state index in [0.717, 1.165) is 16.9 Å². The minimum atomic E-state index is -0.301. The molecule has 1 aliphatic heterocycles. The van der Waals surface area contributed by atoms with Crippen molar-refractivity contribution in [1.82, 2.24) is 5.32 Å². The number of fused-ring (bicyclic) bond motifs is 1. The van der Waals surface area contributed by atoms with Gasteiger partial charge in [0.25, 0.3) is 0 Å². The van der Waals surface area contributed by atoms with Crippen LogP contribution in [0.2, 0.25) is 0 Å². The topological polar surface area (TPSA) is 47.6 Å². The van der Waals surface area contributed by atoms with Crippen molar-refractivity contribution < 1.29 is 18.7 Å². The molecule has 1 heterocycles. The Bertz CT molecular complexity index is 799. The molecule has 0 radical (unpaired) electrons. The van der Waals surface area contributed by atoms with Crippen LogP contribution in [0.3, 0.4) is 0 Å². The number of benzene rings is 2. The first-order chi connectivity index (χ1) is 12.5. The van der Waals surface area contributed by atoms with Crippen molar-refractivity contribution in [2.24, 2.45) is 5.92 Å². The molecule has 4 nitrogen and oxygen atoms in total. The largest absolute Gasteiger partial charge is 0.486 e. The summed E-state index contributed by atoms with van der Waals surface area (Å²) in [5, 5.41) is 3.02. The van der Waals surface area contributed by atoms with Crippen LogP contribution in [0, 0.1) is 11.7 Å². The van der Waals surface area contributed by atoms with Crippen molar-refractivity contribution in [2.45, 2.75) is 19.9 Å². The van der Waals surface area contributed by atoms with Crippen molar-refractivity contribution >= 4 is 12.0 Å². The van der Waals surface area contributed by atoms with Crippen molar-refractivity contribution in [2.75, 3.05) is 13.2 Å². The van der Waals surface area contributed by atoms with Gasteiger partial charge in [-0.1, -0.05) is 32.0 Å². The fourth-order valence-electron chi connectivity index (χ4n) is 2.84. The second-order valence-electron chi connectivity index (χ2n) is 6.52. The summed E-state index contributed by atoms with van der Waals surface area (Å²) in [7, 11) is 0. The molecule has 2 aromatic carbocycles. The average molecular weight is 355 g/mol. The van der Waals surface area contributed by atoms with Gasteiger partial charge in [0.05, 0.1) is 6.04 Å². The summed E-state index contributed by atoms with van der Waals surface area (Å²) in [5.41, 5.74) is 1.73. The normalized spacial score (nSPS) is 14.5. The summed E-state index contributed by atoms with van der Waals surface area (Å²) in [4.78, 5) is 12.3. The van der Waals surface area contributed by atoms with E-state index in [1.54, 1.807) is 18.2 Å². The number of ether oxygens (including phenoxy) is 2. The highest BCUT2D eigenvalue weighted by molar-refractivity contribution is 5.92. The molecule has 1 unspecified atom stereocenters. The lowest BCUT2D eigenvalue weighted by Crippen LogP contribution is -2.30. The van der Waals surface area contributed by atoms with Gasteiger partial charge in [0, 0.05) is 6.08 Å². The lowest BCUT2D eigenvalue weighted by Gasteiger charge is -2.25. The monoisotopic (exact) mass is 355 g/mol. The van der Waals surface area contributed by atoms with Crippen LogP contribution in [0.15, 0.2) is 48.5 Å². The number of nitrogens with one attached hydrogen (secondary N) is 1. The fraction of sp³-hybridized carbons (Fsp3) is 0.286. The summed E-state index contributed by atoms with van der Waals surface area (Å²) in [6.45, 7) is 5.16. The van der Waals surface area contributed by atoms with Crippen LogP contribution in [0.4, 0.5) is 4.39 Å². The molecule has 1 aliphatic rings. The van der Waals surface area contributed by atoms with E-state index < -0.39 is 0 Å². The van der Waals surface area contributed by atoms with E-state index in [2.05, 4.69) is 5.32 Å². The van der Waals surface area contributed by atoms with Crippen LogP contribution in [0.5, 0.6) is 11.5 Å². The molecular formula is C21H22FNO3. The molecule has 0 fully saturated rings. The van der Waals surface area contributed by atoms with Gasteiger partial charge in [-0.05, 0) is 47.4 Å². The molecule has 0 spiro atoms. The van der Waals surface area contributed by atoms with Crippen molar-refractivity contribution in [3.8, 4) is 11.5 Å². The number of hydrogen-bond acceptors (Lipinski definition) is 3. The molecule has 26 heavy (non-hydrogen) atoms. The maximum absolute atomic E-state index is 12.9. The van der Waals surface area contributed by atoms with Gasteiger partial charge >= 0.3 is 0 Å². The summed E-state index contributed by atoms with van der Waals surface area (Å²) in [5.74, 6) is 1.12. The van der Waals surface area contributed by atoms with Gasteiger partial charge in [0.2, 0.25) is 5.91 Å². The minimum Gasteiger partial charge on any atom is -0.486 e. The van der Waals surface area contributed by atoms with Crippen LogP contribution in [0.1, 0.15) is 31.0 Å². The first kappa shape index (κ1) is 18.0. The minimum absolute atomic E-state index is 0.156. The number of rotatable bonds is 5. The highest BCUT2D eigenvalue weighted by Crippen LogP contribution is 2.34. The predicted molar refractivity (Wildman–Crippen MR) is 98.6 cm³/mol. The first-order valence-corrected chi connectivity index (χ1v) is 8.66. The second-order valence-corrected chi connectivity index (χ2v) is 6.52. The Balaban J connectivity index is 1.72. The lowest BCUT2D eigenvalue weighted by atomic mass is 9.95. The Morgan fingerprint density at radius 3 is 2.46 bits per heavy atom. The predicted octanol–water partition coefficient (Wildman–Crippen LogP) is 4.12. The Labute approximate surface area is 152 Å². The molecule has 0 aliphatic carbocycles. The third-order valence-electron chi connectivity index (χ3n) is 4.19. The molecule has 1 atom stereocenters. The van der Waals surface area contributed by atoms with E-state index in [1.165, 1.54) is 18.2 Å². The van der Waals surface area contributed by atoms with Gasteiger partial charge in [-0.15, -0.1) is 0 Å². The van der Waals surface area contributed by atoms with Crippen molar-refractivity contribution in [3.63, 3.8) is 0 Å².